The van der Waals surface area contributed by atoms with Gasteiger partial charge in [-0.3, -0.25) is 4.79 Å². The van der Waals surface area contributed by atoms with Crippen molar-refractivity contribution in [3.05, 3.63) is 15.0 Å². The Balaban J connectivity index is 1.56. The molecule has 2 fully saturated rings. The van der Waals surface area contributed by atoms with Crippen LogP contribution in [0.4, 0.5) is 0 Å². The number of hydrogen-bond acceptors (Lipinski definition) is 4. The Morgan fingerprint density at radius 1 is 1.37 bits per heavy atom. The molecule has 0 spiro atoms. The molecule has 0 radical (unpaired) electrons. The minimum absolute atomic E-state index is 0.0723. The molecule has 104 valence electrons. The molecular weight excluding hydrogens is 328 g/mol. The monoisotopic (exact) mass is 344 g/mol. The van der Waals surface area contributed by atoms with Crippen LogP contribution in [0.3, 0.4) is 0 Å². The molecule has 3 rings (SSSR count). The second kappa shape index (κ2) is 5.89. The summed E-state index contributed by atoms with van der Waals surface area (Å²) in [6.07, 6.45) is 3.40. The quantitative estimate of drug-likeness (QED) is 0.828. The van der Waals surface area contributed by atoms with E-state index < -0.39 is 0 Å². The number of thiazole rings is 1. The van der Waals surface area contributed by atoms with Crippen molar-refractivity contribution < 1.29 is 9.53 Å². The van der Waals surface area contributed by atoms with Crippen molar-refractivity contribution >= 4 is 33.2 Å². The smallest absolute Gasteiger partial charge is 0.273 e. The second-order valence-electron chi connectivity index (χ2n) is 5.24. The topological polar surface area (TPSA) is 42.4 Å². The van der Waals surface area contributed by atoms with Gasteiger partial charge in [-0.25, -0.2) is 4.98 Å². The first-order valence-corrected chi connectivity index (χ1v) is 8.39. The van der Waals surface area contributed by atoms with Crippen molar-refractivity contribution in [1.82, 2.24) is 9.88 Å². The highest BCUT2D eigenvalue weighted by Crippen LogP contribution is 2.31. The van der Waals surface area contributed by atoms with Crippen LogP contribution in [0.5, 0.6) is 0 Å². The van der Waals surface area contributed by atoms with E-state index in [2.05, 4.69) is 20.9 Å². The van der Waals surface area contributed by atoms with E-state index in [4.69, 9.17) is 4.74 Å². The fraction of sp³-hybridized carbons (Fsp3) is 0.692. The summed E-state index contributed by atoms with van der Waals surface area (Å²) in [6, 6.07) is 0. The van der Waals surface area contributed by atoms with E-state index in [-0.39, 0.29) is 5.91 Å². The molecule has 2 aliphatic heterocycles. The lowest BCUT2D eigenvalue weighted by Crippen LogP contribution is -2.40. The third-order valence-electron chi connectivity index (χ3n) is 4.15. The van der Waals surface area contributed by atoms with Crippen LogP contribution in [-0.2, 0) is 4.74 Å². The van der Waals surface area contributed by atoms with Crippen molar-refractivity contribution in [2.75, 3.05) is 26.3 Å². The number of aromatic nitrogens is 1. The molecule has 1 aromatic heterocycles. The number of halogens is 1. The number of likely N-dealkylation sites (tertiary alicyclic amines) is 1. The molecule has 1 unspecified atom stereocenters. The van der Waals surface area contributed by atoms with E-state index in [0.29, 0.717) is 11.6 Å². The highest BCUT2D eigenvalue weighted by molar-refractivity contribution is 9.11. The molecule has 0 bridgehead atoms. The Hall–Kier alpha value is -0.460. The Morgan fingerprint density at radius 3 is 2.74 bits per heavy atom. The number of amides is 1. The van der Waals surface area contributed by atoms with Crippen LogP contribution in [0.1, 0.15) is 29.8 Å². The van der Waals surface area contributed by atoms with Gasteiger partial charge in [-0.05, 0) is 47.0 Å². The summed E-state index contributed by atoms with van der Waals surface area (Å²) >= 11 is 4.76. The largest absolute Gasteiger partial charge is 0.381 e. The lowest BCUT2D eigenvalue weighted by molar-refractivity contribution is 0.0643. The number of nitrogens with zero attached hydrogens (tertiary/aromatic N) is 2. The van der Waals surface area contributed by atoms with Crippen LogP contribution in [0.2, 0.25) is 0 Å². The fourth-order valence-corrected chi connectivity index (χ4v) is 4.00. The number of rotatable bonds is 2. The van der Waals surface area contributed by atoms with Gasteiger partial charge < -0.3 is 9.64 Å². The van der Waals surface area contributed by atoms with Crippen molar-refractivity contribution in [1.29, 1.82) is 0 Å². The molecule has 6 heteroatoms. The third kappa shape index (κ3) is 3.01. The minimum atomic E-state index is 0.0723. The van der Waals surface area contributed by atoms with Crippen LogP contribution >= 0.6 is 27.3 Å². The Morgan fingerprint density at radius 2 is 2.16 bits per heavy atom. The van der Waals surface area contributed by atoms with E-state index in [0.717, 1.165) is 49.0 Å². The first kappa shape index (κ1) is 13.5. The number of piperidine rings is 1. The van der Waals surface area contributed by atoms with Gasteiger partial charge in [0.15, 0.2) is 3.92 Å². The minimum Gasteiger partial charge on any atom is -0.381 e. The predicted molar refractivity (Wildman–Crippen MR) is 77.4 cm³/mol. The number of carbonyl (C=O) groups is 1. The zero-order valence-corrected chi connectivity index (χ0v) is 13.1. The second-order valence-corrected chi connectivity index (χ2v) is 7.37. The summed E-state index contributed by atoms with van der Waals surface area (Å²) in [4.78, 5) is 18.4. The molecular formula is C13H17BrN2O2S. The summed E-state index contributed by atoms with van der Waals surface area (Å²) in [5.74, 6) is 1.52. The van der Waals surface area contributed by atoms with Gasteiger partial charge in [0.2, 0.25) is 0 Å². The molecule has 1 aromatic rings. The lowest BCUT2D eigenvalue weighted by atomic mass is 9.84. The highest BCUT2D eigenvalue weighted by Gasteiger charge is 2.31. The first-order valence-electron chi connectivity index (χ1n) is 6.72. The van der Waals surface area contributed by atoms with Gasteiger partial charge in [-0.15, -0.1) is 11.3 Å². The van der Waals surface area contributed by atoms with Gasteiger partial charge >= 0.3 is 0 Å². The van der Waals surface area contributed by atoms with Crippen molar-refractivity contribution in [2.45, 2.75) is 19.3 Å². The lowest BCUT2D eigenvalue weighted by Gasteiger charge is -2.34. The normalized spacial score (nSPS) is 24.9. The fourth-order valence-electron chi connectivity index (χ4n) is 3.01. The van der Waals surface area contributed by atoms with E-state index in [1.54, 1.807) is 0 Å². The molecule has 0 N–H and O–H groups in total. The van der Waals surface area contributed by atoms with Gasteiger partial charge in [0.05, 0.1) is 0 Å². The van der Waals surface area contributed by atoms with Gasteiger partial charge in [-0.1, -0.05) is 0 Å². The van der Waals surface area contributed by atoms with Crippen LogP contribution in [-0.4, -0.2) is 42.1 Å². The van der Waals surface area contributed by atoms with E-state index in [1.807, 2.05) is 10.3 Å². The van der Waals surface area contributed by atoms with E-state index in [9.17, 15) is 4.79 Å². The molecule has 1 atom stereocenters. The predicted octanol–water partition coefficient (Wildman–Crippen LogP) is 2.79. The van der Waals surface area contributed by atoms with Crippen LogP contribution in [0, 0.1) is 11.8 Å². The van der Waals surface area contributed by atoms with Crippen molar-refractivity contribution in [3.8, 4) is 0 Å². The highest BCUT2D eigenvalue weighted by atomic mass is 79.9. The molecule has 4 nitrogen and oxygen atoms in total. The molecule has 2 saturated heterocycles. The van der Waals surface area contributed by atoms with Gasteiger partial charge in [0.1, 0.15) is 5.69 Å². The van der Waals surface area contributed by atoms with Crippen molar-refractivity contribution in [2.24, 2.45) is 11.8 Å². The molecule has 0 aliphatic carbocycles. The maximum absolute atomic E-state index is 12.3. The van der Waals surface area contributed by atoms with Crippen LogP contribution in [0.15, 0.2) is 9.30 Å². The maximum Gasteiger partial charge on any atom is 0.273 e. The SMILES string of the molecule is O=C(c1csc(Br)n1)N1CCC(C2CCOC2)CC1. The van der Waals surface area contributed by atoms with E-state index >= 15 is 0 Å². The van der Waals surface area contributed by atoms with Gasteiger partial charge in [-0.2, -0.15) is 0 Å². The zero-order chi connectivity index (χ0) is 13.2. The summed E-state index contributed by atoms with van der Waals surface area (Å²) in [7, 11) is 0. The molecule has 0 aromatic carbocycles. The zero-order valence-electron chi connectivity index (χ0n) is 10.7. The van der Waals surface area contributed by atoms with E-state index in [1.165, 1.54) is 17.8 Å². The summed E-state index contributed by atoms with van der Waals surface area (Å²) in [6.45, 7) is 3.54. The Kier molecular flexibility index (Phi) is 4.19. The maximum atomic E-state index is 12.3. The molecule has 3 heterocycles. The number of hydrogen-bond donors (Lipinski definition) is 0. The van der Waals surface area contributed by atoms with Gasteiger partial charge in [0.25, 0.3) is 5.91 Å². The number of carbonyl (C=O) groups excluding carboxylic acids is 1. The standard InChI is InChI=1S/C13H17BrN2O2S/c14-13-15-11(8-19-13)12(17)16-4-1-9(2-5-16)10-3-6-18-7-10/h8-10H,1-7H2. The average Bonchev–Trinajstić information content (AvgIpc) is 3.09. The Bertz CT molecular complexity index is 451. The molecule has 0 saturated carbocycles. The Labute approximate surface area is 125 Å². The van der Waals surface area contributed by atoms with Crippen LogP contribution < -0.4 is 0 Å². The van der Waals surface area contributed by atoms with Crippen molar-refractivity contribution in [3.63, 3.8) is 0 Å². The van der Waals surface area contributed by atoms with Crippen LogP contribution in [0.25, 0.3) is 0 Å². The molecule has 19 heavy (non-hydrogen) atoms. The first-order chi connectivity index (χ1) is 9.24. The molecule has 2 aliphatic rings. The third-order valence-corrected chi connectivity index (χ3v) is 5.52. The molecule has 1 amide bonds. The van der Waals surface area contributed by atoms with Gasteiger partial charge in [0, 0.05) is 31.7 Å². The summed E-state index contributed by atoms with van der Waals surface area (Å²) < 4.78 is 6.23. The number of ether oxygens (including phenoxy) is 1. The average molecular weight is 345 g/mol. The summed E-state index contributed by atoms with van der Waals surface area (Å²) in [5, 5.41) is 1.82. The summed E-state index contributed by atoms with van der Waals surface area (Å²) in [5.41, 5.74) is 0.569.